The van der Waals surface area contributed by atoms with E-state index < -0.39 is 12.2 Å². The number of nitrogens with two attached hydrogens (primary N) is 1. The summed E-state index contributed by atoms with van der Waals surface area (Å²) >= 11 is 3.97. The van der Waals surface area contributed by atoms with Gasteiger partial charge in [-0.25, -0.2) is 0 Å². The van der Waals surface area contributed by atoms with Gasteiger partial charge in [-0.15, -0.1) is 0 Å². The number of pyridine rings is 1. The number of anilines is 1. The van der Waals surface area contributed by atoms with Crippen LogP contribution in [0, 0.1) is 0 Å². The minimum Gasteiger partial charge on any atom is -0.397 e. The van der Waals surface area contributed by atoms with Crippen molar-refractivity contribution < 1.29 is 10.2 Å². The van der Waals surface area contributed by atoms with Crippen LogP contribution in [-0.4, -0.2) is 27.1 Å². The summed E-state index contributed by atoms with van der Waals surface area (Å²) in [6.07, 6.45) is 0.0776. The number of hydrogen-bond donors (Lipinski definition) is 4. The Balaban J connectivity index is 2.68. The van der Waals surface area contributed by atoms with Gasteiger partial charge < -0.3 is 15.9 Å². The lowest BCUT2D eigenvalue weighted by Crippen LogP contribution is -2.19. The molecule has 4 nitrogen and oxygen atoms in total. The third kappa shape index (κ3) is 2.87. The van der Waals surface area contributed by atoms with Gasteiger partial charge in [-0.2, -0.15) is 12.6 Å². The van der Waals surface area contributed by atoms with Gasteiger partial charge in [-0.3, -0.25) is 4.98 Å². The van der Waals surface area contributed by atoms with E-state index in [4.69, 9.17) is 5.73 Å². The zero-order valence-electron chi connectivity index (χ0n) is 7.67. The van der Waals surface area contributed by atoms with Crippen molar-refractivity contribution in [1.29, 1.82) is 0 Å². The third-order valence-electron chi connectivity index (χ3n) is 1.90. The Labute approximate surface area is 88.2 Å². The molecule has 1 aromatic rings. The molecule has 2 atom stereocenters. The summed E-state index contributed by atoms with van der Waals surface area (Å²) in [6.45, 7) is 0. The molecule has 0 aromatic carbocycles. The van der Waals surface area contributed by atoms with Crippen LogP contribution in [0.3, 0.4) is 0 Å². The smallest absolute Gasteiger partial charge is 0.122 e. The zero-order chi connectivity index (χ0) is 10.6. The topological polar surface area (TPSA) is 79.4 Å². The lowest BCUT2D eigenvalue weighted by molar-refractivity contribution is 0.0147. The first kappa shape index (κ1) is 11.3. The van der Waals surface area contributed by atoms with Crippen molar-refractivity contribution in [3.8, 4) is 0 Å². The standard InChI is InChI=1S/C9H14N2O2S/c10-6-1-2-7(11-5-6)9(13)8(12)3-4-14/h1-2,5,8-9,12-14H,3-4,10H2. The lowest BCUT2D eigenvalue weighted by atomic mass is 10.1. The maximum atomic E-state index is 9.62. The van der Waals surface area contributed by atoms with Gasteiger partial charge >= 0.3 is 0 Å². The monoisotopic (exact) mass is 214 g/mol. The van der Waals surface area contributed by atoms with Crippen molar-refractivity contribution in [2.45, 2.75) is 18.6 Å². The van der Waals surface area contributed by atoms with E-state index in [-0.39, 0.29) is 0 Å². The van der Waals surface area contributed by atoms with Crippen molar-refractivity contribution >= 4 is 18.3 Å². The van der Waals surface area contributed by atoms with Crippen LogP contribution in [0.2, 0.25) is 0 Å². The Morgan fingerprint density at radius 2 is 2.14 bits per heavy atom. The number of nitrogens with zero attached hydrogens (tertiary/aromatic N) is 1. The molecule has 0 aliphatic heterocycles. The Morgan fingerprint density at radius 3 is 2.64 bits per heavy atom. The summed E-state index contributed by atoms with van der Waals surface area (Å²) in [5, 5.41) is 19.1. The molecule has 0 saturated heterocycles. The summed E-state index contributed by atoms with van der Waals surface area (Å²) in [7, 11) is 0. The fourth-order valence-corrected chi connectivity index (χ4v) is 1.34. The van der Waals surface area contributed by atoms with Crippen molar-refractivity contribution in [3.05, 3.63) is 24.0 Å². The number of aromatic nitrogens is 1. The second-order valence-corrected chi connectivity index (χ2v) is 3.49. The molecule has 0 aliphatic rings. The van der Waals surface area contributed by atoms with Gasteiger partial charge in [-0.1, -0.05) is 0 Å². The SMILES string of the molecule is Nc1ccc(C(O)C(O)CCS)nc1. The van der Waals surface area contributed by atoms with E-state index >= 15 is 0 Å². The molecule has 0 bridgehead atoms. The maximum Gasteiger partial charge on any atom is 0.122 e. The van der Waals surface area contributed by atoms with Gasteiger partial charge in [0.1, 0.15) is 6.10 Å². The molecule has 1 rings (SSSR count). The van der Waals surface area contributed by atoms with Crippen molar-refractivity contribution in [2.75, 3.05) is 11.5 Å². The number of aliphatic hydroxyl groups is 2. The van der Waals surface area contributed by atoms with Crippen LogP contribution in [0.5, 0.6) is 0 Å². The maximum absolute atomic E-state index is 9.62. The lowest BCUT2D eigenvalue weighted by Gasteiger charge is -2.16. The first-order chi connectivity index (χ1) is 6.65. The van der Waals surface area contributed by atoms with E-state index in [1.165, 1.54) is 6.20 Å². The summed E-state index contributed by atoms with van der Waals surface area (Å²) < 4.78 is 0. The van der Waals surface area contributed by atoms with Crippen molar-refractivity contribution in [2.24, 2.45) is 0 Å². The van der Waals surface area contributed by atoms with E-state index in [0.717, 1.165) is 0 Å². The molecule has 5 heteroatoms. The van der Waals surface area contributed by atoms with Crippen LogP contribution in [-0.2, 0) is 0 Å². The molecule has 1 heterocycles. The molecule has 78 valence electrons. The van der Waals surface area contributed by atoms with Gasteiger partial charge in [0.15, 0.2) is 0 Å². The van der Waals surface area contributed by atoms with Gasteiger partial charge in [0.25, 0.3) is 0 Å². The minimum atomic E-state index is -0.970. The number of hydrogen-bond acceptors (Lipinski definition) is 5. The zero-order valence-corrected chi connectivity index (χ0v) is 8.56. The number of rotatable bonds is 4. The van der Waals surface area contributed by atoms with Crippen LogP contribution in [0.15, 0.2) is 18.3 Å². The molecule has 0 saturated carbocycles. The van der Waals surface area contributed by atoms with E-state index in [1.54, 1.807) is 12.1 Å². The van der Waals surface area contributed by atoms with Gasteiger partial charge in [0.05, 0.1) is 23.7 Å². The Kier molecular flexibility index (Phi) is 4.19. The second-order valence-electron chi connectivity index (χ2n) is 3.04. The average Bonchev–Trinajstić information content (AvgIpc) is 2.18. The molecule has 0 spiro atoms. The molecule has 14 heavy (non-hydrogen) atoms. The van der Waals surface area contributed by atoms with Crippen LogP contribution in [0.25, 0.3) is 0 Å². The first-order valence-corrected chi connectivity index (χ1v) is 4.97. The second kappa shape index (κ2) is 5.19. The van der Waals surface area contributed by atoms with Crippen molar-refractivity contribution in [1.82, 2.24) is 4.98 Å². The fourth-order valence-electron chi connectivity index (χ4n) is 1.08. The summed E-state index contributed by atoms with van der Waals surface area (Å²) in [4.78, 5) is 3.92. The molecule has 2 unspecified atom stereocenters. The Bertz CT molecular complexity index is 279. The Morgan fingerprint density at radius 1 is 1.43 bits per heavy atom. The quantitative estimate of drug-likeness (QED) is 0.546. The minimum absolute atomic E-state index is 0.425. The van der Waals surface area contributed by atoms with Gasteiger partial charge in [0, 0.05) is 0 Å². The van der Waals surface area contributed by atoms with Crippen LogP contribution < -0.4 is 5.73 Å². The van der Waals surface area contributed by atoms with Crippen LogP contribution in [0.1, 0.15) is 18.2 Å². The number of thiol groups is 1. The number of aliphatic hydroxyl groups excluding tert-OH is 2. The van der Waals surface area contributed by atoms with E-state index in [2.05, 4.69) is 17.6 Å². The summed E-state index contributed by atoms with van der Waals surface area (Å²) in [5.74, 6) is 0.521. The van der Waals surface area contributed by atoms with Crippen molar-refractivity contribution in [3.63, 3.8) is 0 Å². The highest BCUT2D eigenvalue weighted by Crippen LogP contribution is 2.17. The largest absolute Gasteiger partial charge is 0.397 e. The normalized spacial score (nSPS) is 15.1. The molecular weight excluding hydrogens is 200 g/mol. The fraction of sp³-hybridized carbons (Fsp3) is 0.444. The molecule has 1 aromatic heterocycles. The molecule has 0 radical (unpaired) electrons. The molecule has 0 fully saturated rings. The highest BCUT2D eigenvalue weighted by atomic mass is 32.1. The molecule has 0 aliphatic carbocycles. The highest BCUT2D eigenvalue weighted by molar-refractivity contribution is 7.80. The summed E-state index contributed by atoms with van der Waals surface area (Å²) in [5.41, 5.74) is 6.40. The third-order valence-corrected chi connectivity index (χ3v) is 2.16. The molecule has 0 amide bonds. The average molecular weight is 214 g/mol. The van der Waals surface area contributed by atoms with Gasteiger partial charge in [0.2, 0.25) is 0 Å². The van der Waals surface area contributed by atoms with E-state index in [0.29, 0.717) is 23.6 Å². The van der Waals surface area contributed by atoms with Crippen LogP contribution >= 0.6 is 12.6 Å². The first-order valence-electron chi connectivity index (χ1n) is 4.33. The molecular formula is C9H14N2O2S. The van der Waals surface area contributed by atoms with E-state index in [9.17, 15) is 10.2 Å². The van der Waals surface area contributed by atoms with Crippen LogP contribution in [0.4, 0.5) is 5.69 Å². The summed E-state index contributed by atoms with van der Waals surface area (Å²) in [6, 6.07) is 3.24. The Hall–Kier alpha value is -0.780. The van der Waals surface area contributed by atoms with Gasteiger partial charge in [-0.05, 0) is 24.3 Å². The van der Waals surface area contributed by atoms with E-state index in [1.807, 2.05) is 0 Å². The highest BCUT2D eigenvalue weighted by Gasteiger charge is 2.18. The predicted molar refractivity (Wildman–Crippen MR) is 58.1 cm³/mol. The number of nitrogen functional groups attached to an aromatic ring is 1. The predicted octanol–water partition coefficient (Wildman–Crippen LogP) is 0.378. The molecule has 4 N–H and O–H groups in total.